The Hall–Kier alpha value is -2.39. The van der Waals surface area contributed by atoms with Gasteiger partial charge in [-0.3, -0.25) is 9.69 Å². The van der Waals surface area contributed by atoms with Crippen LogP contribution in [0, 0.1) is 6.92 Å². The number of hydrogen-bond donors (Lipinski definition) is 1. The van der Waals surface area contributed by atoms with E-state index in [2.05, 4.69) is 29.0 Å². The second kappa shape index (κ2) is 11.2. The number of nitrogens with one attached hydrogen (secondary N) is 1. The van der Waals surface area contributed by atoms with E-state index in [0.717, 1.165) is 13.0 Å². The van der Waals surface area contributed by atoms with Crippen molar-refractivity contribution in [2.24, 2.45) is 0 Å². The van der Waals surface area contributed by atoms with Crippen LogP contribution in [0.2, 0.25) is 0 Å². The van der Waals surface area contributed by atoms with Crippen LogP contribution in [0.4, 0.5) is 0 Å². The number of rotatable bonds is 10. The lowest BCUT2D eigenvalue weighted by Gasteiger charge is -2.39. The first kappa shape index (κ1) is 25.2. The molecule has 0 aliphatic carbocycles. The molecule has 1 amide bonds. The number of amides is 1. The summed E-state index contributed by atoms with van der Waals surface area (Å²) in [6.07, 6.45) is 4.47. The van der Waals surface area contributed by atoms with Crippen LogP contribution in [0.1, 0.15) is 51.0 Å². The third-order valence-electron chi connectivity index (χ3n) is 6.21. The van der Waals surface area contributed by atoms with Gasteiger partial charge in [-0.05, 0) is 58.2 Å². The molecule has 1 aromatic carbocycles. The molecule has 1 fully saturated rings. The molecule has 1 saturated heterocycles. The molecule has 0 saturated carbocycles. The van der Waals surface area contributed by atoms with Crippen LogP contribution in [-0.4, -0.2) is 62.2 Å². The molecule has 2 atom stereocenters. The van der Waals surface area contributed by atoms with Crippen molar-refractivity contribution in [3.05, 3.63) is 35.7 Å². The number of carbonyl (C=O) groups excluding carboxylic acids is 1. The number of aryl methyl sites for hydroxylation is 1. The topological polar surface area (TPSA) is 102 Å². The Balaban J connectivity index is 1.50. The number of ether oxygens (including phenoxy) is 1. The van der Waals surface area contributed by atoms with Gasteiger partial charge in [-0.2, -0.15) is 0 Å². The average Bonchev–Trinajstić information content (AvgIpc) is 3.12. The summed E-state index contributed by atoms with van der Waals surface area (Å²) in [4.78, 5) is 19.1. The number of sulfone groups is 1. The molecule has 8 nitrogen and oxygen atoms in total. The number of carbonyl (C=O) groups is 1. The molecule has 33 heavy (non-hydrogen) atoms. The maximum atomic E-state index is 12.6. The summed E-state index contributed by atoms with van der Waals surface area (Å²) in [6, 6.07) is 8.29. The maximum absolute atomic E-state index is 12.6. The number of hydrogen-bond acceptors (Lipinski definition) is 7. The van der Waals surface area contributed by atoms with Gasteiger partial charge >= 0.3 is 0 Å². The van der Waals surface area contributed by atoms with Gasteiger partial charge in [0.25, 0.3) is 0 Å². The van der Waals surface area contributed by atoms with E-state index in [0.29, 0.717) is 47.3 Å². The lowest BCUT2D eigenvalue weighted by Crippen LogP contribution is -2.45. The second-order valence-corrected chi connectivity index (χ2v) is 10.9. The summed E-state index contributed by atoms with van der Waals surface area (Å²) in [6.45, 7) is 7.52. The molecule has 182 valence electrons. The van der Waals surface area contributed by atoms with Crippen LogP contribution in [0.15, 0.2) is 28.7 Å². The van der Waals surface area contributed by atoms with Crippen molar-refractivity contribution in [1.29, 1.82) is 0 Å². The fourth-order valence-electron chi connectivity index (χ4n) is 4.36. The van der Waals surface area contributed by atoms with E-state index >= 15 is 0 Å². The highest BCUT2D eigenvalue weighted by molar-refractivity contribution is 7.91. The lowest BCUT2D eigenvalue weighted by atomic mass is 9.97. The molecule has 2 aromatic rings. The van der Waals surface area contributed by atoms with Gasteiger partial charge in [0, 0.05) is 30.7 Å². The maximum Gasteiger partial charge on any atom is 0.235 e. The van der Waals surface area contributed by atoms with Crippen LogP contribution in [0.5, 0.6) is 5.75 Å². The normalized spacial score (nSPS) is 19.4. The van der Waals surface area contributed by atoms with E-state index in [4.69, 9.17) is 9.15 Å². The van der Waals surface area contributed by atoms with Crippen molar-refractivity contribution in [2.75, 3.05) is 26.0 Å². The smallest absolute Gasteiger partial charge is 0.235 e. The summed E-state index contributed by atoms with van der Waals surface area (Å²) < 4.78 is 36.1. The molecular weight excluding hydrogens is 442 g/mol. The largest absolute Gasteiger partial charge is 0.497 e. The molecule has 0 radical (unpaired) electrons. The summed E-state index contributed by atoms with van der Waals surface area (Å²) in [5.74, 6) is -0.00145. The number of nitrogens with zero attached hydrogens (tertiary/aromatic N) is 2. The summed E-state index contributed by atoms with van der Waals surface area (Å²) in [7, 11) is -2.12. The van der Waals surface area contributed by atoms with E-state index in [1.165, 1.54) is 19.3 Å². The van der Waals surface area contributed by atoms with E-state index in [1.807, 2.05) is 6.07 Å². The van der Waals surface area contributed by atoms with Crippen molar-refractivity contribution in [1.82, 2.24) is 15.2 Å². The number of benzene rings is 1. The first-order valence-electron chi connectivity index (χ1n) is 11.5. The number of likely N-dealkylation sites (tertiary alicyclic amines) is 1. The molecule has 1 aliphatic heterocycles. The Kier molecular flexibility index (Phi) is 8.53. The molecule has 1 aromatic heterocycles. The van der Waals surface area contributed by atoms with Gasteiger partial charge in [-0.25, -0.2) is 13.4 Å². The molecule has 3 rings (SSSR count). The van der Waals surface area contributed by atoms with Gasteiger partial charge in [0.2, 0.25) is 11.8 Å². The van der Waals surface area contributed by atoms with Crippen LogP contribution < -0.4 is 10.1 Å². The number of aromatic nitrogens is 1. The highest BCUT2D eigenvalue weighted by atomic mass is 32.2. The fourth-order valence-corrected chi connectivity index (χ4v) is 5.64. The number of oxazole rings is 1. The zero-order chi connectivity index (χ0) is 24.0. The highest BCUT2D eigenvalue weighted by Gasteiger charge is 2.25. The number of methoxy groups -OCH3 is 1. The quantitative estimate of drug-likeness (QED) is 0.524. The van der Waals surface area contributed by atoms with E-state index < -0.39 is 21.5 Å². The third-order valence-corrected chi connectivity index (χ3v) is 7.62. The van der Waals surface area contributed by atoms with E-state index in [1.54, 1.807) is 32.2 Å². The molecule has 0 unspecified atom stereocenters. The van der Waals surface area contributed by atoms with Crippen molar-refractivity contribution in [3.63, 3.8) is 0 Å². The monoisotopic (exact) mass is 477 g/mol. The van der Waals surface area contributed by atoms with Crippen LogP contribution in [0.3, 0.4) is 0 Å². The predicted molar refractivity (Wildman–Crippen MR) is 128 cm³/mol. The van der Waals surface area contributed by atoms with Crippen molar-refractivity contribution < 1.29 is 22.4 Å². The summed E-state index contributed by atoms with van der Waals surface area (Å²) in [5.41, 5.74) is 1.00. The fraction of sp³-hybridized carbons (Fsp3) is 0.583. The predicted octanol–water partition coefficient (Wildman–Crippen LogP) is 3.34. The minimum atomic E-state index is -3.68. The van der Waals surface area contributed by atoms with Crippen LogP contribution in [-0.2, 0) is 20.4 Å². The van der Waals surface area contributed by atoms with E-state index in [9.17, 15) is 13.2 Å². The van der Waals surface area contributed by atoms with E-state index in [-0.39, 0.29) is 5.75 Å². The zero-order valence-electron chi connectivity index (χ0n) is 20.0. The summed E-state index contributed by atoms with van der Waals surface area (Å²) >= 11 is 0. The standard InChI is InChI=1S/C24H35N3O5S/c1-17-8-5-9-18(2)27(17)13-7-12-25-23(28)16-33(29,30)15-22-19(3)32-24(26-22)20-10-6-11-21(14-20)31-4/h6,10-11,14,17-18H,5,7-9,12-13,15-16H2,1-4H3,(H,25,28)/t17-,18+. The SMILES string of the molecule is COc1cccc(-c2nc(CS(=O)(=O)CC(=O)NCCCN3[C@H](C)CCC[C@@H]3C)c(C)o2)c1. The van der Waals surface area contributed by atoms with Gasteiger partial charge in [-0.15, -0.1) is 0 Å². The molecule has 9 heteroatoms. The highest BCUT2D eigenvalue weighted by Crippen LogP contribution is 2.26. The lowest BCUT2D eigenvalue weighted by molar-refractivity contribution is -0.118. The first-order valence-corrected chi connectivity index (χ1v) is 13.3. The van der Waals surface area contributed by atoms with Gasteiger partial charge in [0.05, 0.1) is 18.6 Å². The van der Waals surface area contributed by atoms with Gasteiger partial charge in [-0.1, -0.05) is 12.5 Å². The van der Waals surface area contributed by atoms with Crippen molar-refractivity contribution in [2.45, 2.75) is 64.3 Å². The van der Waals surface area contributed by atoms with Gasteiger partial charge in [0.15, 0.2) is 9.84 Å². The molecule has 0 bridgehead atoms. The minimum Gasteiger partial charge on any atom is -0.497 e. The Morgan fingerprint density at radius 1 is 1.27 bits per heavy atom. The second-order valence-electron chi connectivity index (χ2n) is 8.86. The van der Waals surface area contributed by atoms with Crippen molar-refractivity contribution in [3.8, 4) is 17.2 Å². The molecular formula is C24H35N3O5S. The first-order chi connectivity index (χ1) is 15.7. The van der Waals surface area contributed by atoms with Crippen LogP contribution in [0.25, 0.3) is 11.5 Å². The number of piperidine rings is 1. The summed E-state index contributed by atoms with van der Waals surface area (Å²) in [5, 5.41) is 2.75. The van der Waals surface area contributed by atoms with Crippen LogP contribution >= 0.6 is 0 Å². The van der Waals surface area contributed by atoms with Gasteiger partial charge in [0.1, 0.15) is 17.3 Å². The minimum absolute atomic E-state index is 0.314. The Morgan fingerprint density at radius 2 is 2.00 bits per heavy atom. The Morgan fingerprint density at radius 3 is 2.70 bits per heavy atom. The molecule has 1 N–H and O–H groups in total. The molecule has 1 aliphatic rings. The van der Waals surface area contributed by atoms with Gasteiger partial charge < -0.3 is 14.5 Å². The third kappa shape index (κ3) is 7.04. The van der Waals surface area contributed by atoms with Crippen molar-refractivity contribution >= 4 is 15.7 Å². The molecule has 0 spiro atoms. The Bertz CT molecular complexity index is 1040. The zero-order valence-corrected chi connectivity index (χ0v) is 20.8. The average molecular weight is 478 g/mol. The molecule has 2 heterocycles. The Labute approximate surface area is 196 Å².